The fraction of sp³-hybridized carbons (Fsp3) is 0.556. The first-order valence-electron chi connectivity index (χ1n) is 8.09. The molecular formula is C18H26BrNO4. The number of carbonyl (C=O) groups is 2. The molecule has 1 atom stereocenters. The van der Waals surface area contributed by atoms with Gasteiger partial charge in [-0.05, 0) is 45.6 Å². The number of alkyl carbamates (subject to hydrolysis) is 1. The standard InChI is InChI=1S/C18H26BrNO4/c1-18(2,3)24-16(21)15(19)11-7-8-12-20-17(22)23-13-14-9-5-4-6-10-14/h4-6,9-10,15H,7-8,11-13H2,1-3H3,(H,20,22). The van der Waals surface area contributed by atoms with E-state index in [9.17, 15) is 9.59 Å². The molecule has 0 aliphatic carbocycles. The molecule has 0 aliphatic heterocycles. The molecule has 0 aliphatic rings. The number of halogens is 1. The van der Waals surface area contributed by atoms with Gasteiger partial charge in [0, 0.05) is 6.54 Å². The van der Waals surface area contributed by atoms with Crippen LogP contribution in [-0.4, -0.2) is 29.0 Å². The number of unbranched alkanes of at least 4 members (excludes halogenated alkanes) is 1. The van der Waals surface area contributed by atoms with Gasteiger partial charge in [-0.25, -0.2) is 4.79 Å². The van der Waals surface area contributed by atoms with Crippen molar-refractivity contribution in [1.29, 1.82) is 0 Å². The van der Waals surface area contributed by atoms with E-state index in [1.807, 2.05) is 51.1 Å². The summed E-state index contributed by atoms with van der Waals surface area (Å²) < 4.78 is 10.4. The molecule has 0 saturated carbocycles. The highest BCUT2D eigenvalue weighted by atomic mass is 79.9. The number of esters is 1. The first-order valence-corrected chi connectivity index (χ1v) is 9.01. The third-order valence-electron chi connectivity index (χ3n) is 3.03. The van der Waals surface area contributed by atoms with Crippen LogP contribution in [0.15, 0.2) is 30.3 Å². The zero-order valence-corrected chi connectivity index (χ0v) is 16.1. The summed E-state index contributed by atoms with van der Waals surface area (Å²) in [5.74, 6) is -0.252. The monoisotopic (exact) mass is 399 g/mol. The number of ether oxygens (including phenoxy) is 2. The summed E-state index contributed by atoms with van der Waals surface area (Å²) in [5, 5.41) is 2.70. The second kappa shape index (κ2) is 10.3. The van der Waals surface area contributed by atoms with Crippen molar-refractivity contribution in [1.82, 2.24) is 5.32 Å². The van der Waals surface area contributed by atoms with E-state index in [1.165, 1.54) is 0 Å². The molecule has 1 aromatic carbocycles. The lowest BCUT2D eigenvalue weighted by molar-refractivity contribution is -0.154. The maximum atomic E-state index is 11.8. The molecule has 1 amide bonds. The van der Waals surface area contributed by atoms with Crippen LogP contribution in [0.25, 0.3) is 0 Å². The van der Waals surface area contributed by atoms with Crippen molar-refractivity contribution in [2.45, 2.75) is 57.1 Å². The van der Waals surface area contributed by atoms with Gasteiger partial charge in [0.2, 0.25) is 0 Å². The zero-order chi connectivity index (χ0) is 18.0. The first kappa shape index (κ1) is 20.5. The maximum Gasteiger partial charge on any atom is 0.407 e. The molecule has 0 aromatic heterocycles. The predicted octanol–water partition coefficient (Wildman–Crippen LogP) is 4.19. The minimum Gasteiger partial charge on any atom is -0.459 e. The zero-order valence-electron chi connectivity index (χ0n) is 14.5. The van der Waals surface area contributed by atoms with Crippen LogP contribution in [0.1, 0.15) is 45.6 Å². The summed E-state index contributed by atoms with van der Waals surface area (Å²) in [6.07, 6.45) is 1.80. The fourth-order valence-corrected chi connectivity index (χ4v) is 2.31. The van der Waals surface area contributed by atoms with E-state index in [2.05, 4.69) is 21.2 Å². The van der Waals surface area contributed by atoms with E-state index >= 15 is 0 Å². The lowest BCUT2D eigenvalue weighted by Crippen LogP contribution is -2.29. The van der Waals surface area contributed by atoms with Crippen LogP contribution >= 0.6 is 15.9 Å². The second-order valence-electron chi connectivity index (χ2n) is 6.49. The predicted molar refractivity (Wildman–Crippen MR) is 97.0 cm³/mol. The molecule has 1 N–H and O–H groups in total. The van der Waals surface area contributed by atoms with Crippen molar-refractivity contribution in [3.05, 3.63) is 35.9 Å². The third kappa shape index (κ3) is 9.55. The van der Waals surface area contributed by atoms with Gasteiger partial charge >= 0.3 is 12.1 Å². The number of carbonyl (C=O) groups excluding carboxylic acids is 2. The Hall–Kier alpha value is -1.56. The van der Waals surface area contributed by atoms with Crippen molar-refractivity contribution in [2.75, 3.05) is 6.54 Å². The van der Waals surface area contributed by atoms with Crippen LogP contribution < -0.4 is 5.32 Å². The van der Waals surface area contributed by atoms with E-state index in [0.29, 0.717) is 13.0 Å². The minimum absolute atomic E-state index is 0.252. The number of rotatable bonds is 8. The Morgan fingerprint density at radius 2 is 1.83 bits per heavy atom. The number of nitrogens with one attached hydrogen (secondary N) is 1. The fourth-order valence-electron chi connectivity index (χ4n) is 1.90. The van der Waals surface area contributed by atoms with E-state index in [0.717, 1.165) is 18.4 Å². The van der Waals surface area contributed by atoms with Crippen LogP contribution in [0.4, 0.5) is 4.79 Å². The van der Waals surface area contributed by atoms with Gasteiger partial charge in [0.1, 0.15) is 17.0 Å². The van der Waals surface area contributed by atoms with E-state index in [1.54, 1.807) is 0 Å². The van der Waals surface area contributed by atoms with Gasteiger partial charge in [-0.1, -0.05) is 46.3 Å². The Labute approximate surface area is 152 Å². The summed E-state index contributed by atoms with van der Waals surface area (Å²) in [4.78, 5) is 23.0. The van der Waals surface area contributed by atoms with Crippen LogP contribution in [0.5, 0.6) is 0 Å². The quantitative estimate of drug-likeness (QED) is 0.404. The number of hydrogen-bond acceptors (Lipinski definition) is 4. The first-order chi connectivity index (χ1) is 11.3. The maximum absolute atomic E-state index is 11.8. The SMILES string of the molecule is CC(C)(C)OC(=O)C(Br)CCCCNC(=O)OCc1ccccc1. The summed E-state index contributed by atoms with van der Waals surface area (Å²) in [7, 11) is 0. The molecule has 24 heavy (non-hydrogen) atoms. The van der Waals surface area contributed by atoms with E-state index < -0.39 is 11.7 Å². The van der Waals surface area contributed by atoms with Crippen molar-refractivity contribution in [3.8, 4) is 0 Å². The Kier molecular flexibility index (Phi) is 8.82. The largest absolute Gasteiger partial charge is 0.459 e. The van der Waals surface area contributed by atoms with Crippen LogP contribution in [-0.2, 0) is 20.9 Å². The Morgan fingerprint density at radius 3 is 2.46 bits per heavy atom. The highest BCUT2D eigenvalue weighted by Crippen LogP contribution is 2.16. The van der Waals surface area contributed by atoms with E-state index in [-0.39, 0.29) is 17.4 Å². The van der Waals surface area contributed by atoms with Gasteiger partial charge in [-0.2, -0.15) is 0 Å². The smallest absolute Gasteiger partial charge is 0.407 e. The number of benzene rings is 1. The van der Waals surface area contributed by atoms with Gasteiger partial charge in [0.25, 0.3) is 0 Å². The van der Waals surface area contributed by atoms with Crippen molar-refractivity contribution in [2.24, 2.45) is 0 Å². The highest BCUT2D eigenvalue weighted by Gasteiger charge is 2.22. The molecule has 1 rings (SSSR count). The topological polar surface area (TPSA) is 64.6 Å². The van der Waals surface area contributed by atoms with Crippen LogP contribution in [0.2, 0.25) is 0 Å². The summed E-state index contributed by atoms with van der Waals surface area (Å²) in [5.41, 5.74) is 0.472. The third-order valence-corrected chi connectivity index (χ3v) is 3.86. The minimum atomic E-state index is -0.479. The second-order valence-corrected chi connectivity index (χ2v) is 7.59. The molecule has 5 nitrogen and oxygen atoms in total. The Balaban J connectivity index is 2.09. The van der Waals surface area contributed by atoms with Gasteiger partial charge in [-0.3, -0.25) is 4.79 Å². The molecule has 1 unspecified atom stereocenters. The van der Waals surface area contributed by atoms with Gasteiger partial charge in [0.15, 0.2) is 0 Å². The molecule has 6 heteroatoms. The Bertz CT molecular complexity index is 514. The highest BCUT2D eigenvalue weighted by molar-refractivity contribution is 9.10. The van der Waals surface area contributed by atoms with E-state index in [4.69, 9.17) is 9.47 Å². The molecule has 0 saturated heterocycles. The lowest BCUT2D eigenvalue weighted by Gasteiger charge is -2.21. The van der Waals surface area contributed by atoms with Crippen molar-refractivity contribution in [3.63, 3.8) is 0 Å². The van der Waals surface area contributed by atoms with Crippen molar-refractivity contribution >= 4 is 28.0 Å². The lowest BCUT2D eigenvalue weighted by atomic mass is 10.1. The average Bonchev–Trinajstić information content (AvgIpc) is 2.51. The normalized spacial score (nSPS) is 12.3. The molecule has 0 spiro atoms. The number of alkyl halides is 1. The van der Waals surface area contributed by atoms with Gasteiger partial charge in [0.05, 0.1) is 0 Å². The molecule has 0 fully saturated rings. The average molecular weight is 400 g/mol. The van der Waals surface area contributed by atoms with Gasteiger partial charge in [-0.15, -0.1) is 0 Å². The van der Waals surface area contributed by atoms with Crippen LogP contribution in [0.3, 0.4) is 0 Å². The molecule has 134 valence electrons. The molecular weight excluding hydrogens is 374 g/mol. The summed E-state index contributed by atoms with van der Waals surface area (Å²) in [6.45, 7) is 6.30. The Morgan fingerprint density at radius 1 is 1.17 bits per heavy atom. The summed E-state index contributed by atoms with van der Waals surface area (Å²) in [6, 6.07) is 9.52. The summed E-state index contributed by atoms with van der Waals surface area (Å²) >= 11 is 3.34. The van der Waals surface area contributed by atoms with Crippen molar-refractivity contribution < 1.29 is 19.1 Å². The molecule has 0 bridgehead atoms. The van der Waals surface area contributed by atoms with Gasteiger partial charge < -0.3 is 14.8 Å². The number of hydrogen-bond donors (Lipinski definition) is 1. The number of amides is 1. The molecule has 1 aromatic rings. The van der Waals surface area contributed by atoms with Crippen LogP contribution in [0, 0.1) is 0 Å². The molecule has 0 heterocycles. The molecule has 0 radical (unpaired) electrons.